The van der Waals surface area contributed by atoms with Crippen LogP contribution in [0.4, 0.5) is 5.82 Å². The van der Waals surface area contributed by atoms with E-state index in [4.69, 9.17) is 24.8 Å². The summed E-state index contributed by atoms with van der Waals surface area (Å²) in [5.74, 6) is -0.730. The van der Waals surface area contributed by atoms with Crippen molar-refractivity contribution in [1.29, 1.82) is 0 Å². The number of benzene rings is 2. The fourth-order valence-corrected chi connectivity index (χ4v) is 4.29. The molecule has 2 N–H and O–H groups in total. The van der Waals surface area contributed by atoms with Crippen molar-refractivity contribution >= 4 is 24.5 Å². The van der Waals surface area contributed by atoms with Gasteiger partial charge >= 0.3 is 11.9 Å². The highest BCUT2D eigenvalue weighted by atomic mass is 16.6. The van der Waals surface area contributed by atoms with E-state index < -0.39 is 29.7 Å². The van der Waals surface area contributed by atoms with Gasteiger partial charge in [-0.3, -0.25) is 0 Å². The average molecular weight is 519 g/mol. The molecule has 0 aliphatic carbocycles. The molecule has 0 amide bonds. The lowest BCUT2D eigenvalue weighted by atomic mass is 9.92. The Hall–Kier alpha value is -4.31. The van der Waals surface area contributed by atoms with Gasteiger partial charge in [0.05, 0.1) is 22.9 Å². The minimum atomic E-state index is -1.08. The maximum absolute atomic E-state index is 13.1. The van der Waals surface area contributed by atoms with E-state index in [1.54, 1.807) is 31.2 Å². The van der Waals surface area contributed by atoms with Gasteiger partial charge < -0.3 is 24.8 Å². The summed E-state index contributed by atoms with van der Waals surface area (Å²) < 4.78 is 17.8. The van der Waals surface area contributed by atoms with Crippen LogP contribution in [0.15, 0.2) is 60.0 Å². The highest BCUT2D eigenvalue weighted by Gasteiger charge is 2.49. The first-order valence-corrected chi connectivity index (χ1v) is 12.1. The molecule has 1 aromatic heterocycles. The normalized spacial score (nSPS) is 20.5. The second-order valence-corrected chi connectivity index (χ2v) is 9.44. The molecule has 2 aromatic carbocycles. The zero-order valence-electron chi connectivity index (χ0n) is 21.5. The highest BCUT2D eigenvalue weighted by Crippen LogP contribution is 2.38. The average Bonchev–Trinajstić information content (AvgIpc) is 3.19. The van der Waals surface area contributed by atoms with Gasteiger partial charge in [0.25, 0.3) is 0 Å². The van der Waals surface area contributed by atoms with Crippen molar-refractivity contribution in [1.82, 2.24) is 9.97 Å². The lowest BCUT2D eigenvalue weighted by Crippen LogP contribution is -2.41. The topological polar surface area (TPSA) is 135 Å². The van der Waals surface area contributed by atoms with E-state index in [-0.39, 0.29) is 31.0 Å². The van der Waals surface area contributed by atoms with Gasteiger partial charge in [-0.25, -0.2) is 19.6 Å². The zero-order valence-corrected chi connectivity index (χ0v) is 21.5. The number of carbonyl (C=O) groups is 2. The molecule has 10 heteroatoms. The number of oxime groups is 1. The van der Waals surface area contributed by atoms with Gasteiger partial charge in [-0.2, -0.15) is 0 Å². The molecule has 1 aliphatic rings. The number of rotatable bonds is 9. The van der Waals surface area contributed by atoms with Gasteiger partial charge in [0.2, 0.25) is 5.75 Å². The SMILES string of the molecule is C=NOc1c(N)ncnc1C[C@@H]1O[C@H](COC(=O)c2ccc(C)cc2)CC1(C)OC(=O)c1ccc(C)cc1. The van der Waals surface area contributed by atoms with Crippen molar-refractivity contribution in [2.45, 2.75) is 51.4 Å². The molecule has 198 valence electrons. The zero-order chi connectivity index (χ0) is 27.3. The van der Waals surface area contributed by atoms with Gasteiger partial charge in [-0.15, -0.1) is 0 Å². The quantitative estimate of drug-likeness (QED) is 0.255. The summed E-state index contributed by atoms with van der Waals surface area (Å²) in [4.78, 5) is 39.0. The summed E-state index contributed by atoms with van der Waals surface area (Å²) in [5.41, 5.74) is 8.18. The smallest absolute Gasteiger partial charge is 0.338 e. The first-order chi connectivity index (χ1) is 18.2. The van der Waals surface area contributed by atoms with Gasteiger partial charge in [-0.05, 0) is 45.0 Å². The van der Waals surface area contributed by atoms with E-state index >= 15 is 0 Å². The van der Waals surface area contributed by atoms with Gasteiger partial charge in [0.1, 0.15) is 24.6 Å². The Labute approximate surface area is 220 Å². The standard InChI is InChI=1S/C28H30N4O6/c1-17-5-9-19(10-6-17)26(33)35-15-21-14-28(3,37-27(34)20-11-7-18(2)8-12-20)23(36-21)13-22-24(38-30-4)25(29)32-16-31-22/h5-12,16,21,23H,4,13-15H2,1-3H3,(H2,29,31,32)/t21-,23-,28?/m0/s1. The Morgan fingerprint density at radius 3 is 2.26 bits per heavy atom. The fourth-order valence-electron chi connectivity index (χ4n) is 4.29. The summed E-state index contributed by atoms with van der Waals surface area (Å²) in [7, 11) is 0. The van der Waals surface area contributed by atoms with Crippen LogP contribution in [0.5, 0.6) is 5.75 Å². The Bertz CT molecular complexity index is 1310. The fraction of sp³-hybridized carbons (Fsp3) is 0.321. The number of aryl methyl sites for hydroxylation is 2. The van der Waals surface area contributed by atoms with E-state index in [1.807, 2.05) is 38.1 Å². The molecule has 1 saturated heterocycles. The number of aromatic nitrogens is 2. The summed E-state index contributed by atoms with van der Waals surface area (Å²) >= 11 is 0. The first kappa shape index (κ1) is 26.7. The molecule has 2 heterocycles. The maximum Gasteiger partial charge on any atom is 0.338 e. The van der Waals surface area contributed by atoms with E-state index in [9.17, 15) is 9.59 Å². The van der Waals surface area contributed by atoms with Crippen LogP contribution in [0.1, 0.15) is 50.9 Å². The third-order valence-corrected chi connectivity index (χ3v) is 6.41. The van der Waals surface area contributed by atoms with Crippen LogP contribution in [0.2, 0.25) is 0 Å². The number of hydrogen-bond donors (Lipinski definition) is 1. The molecule has 0 radical (unpaired) electrons. The molecule has 10 nitrogen and oxygen atoms in total. The maximum atomic E-state index is 13.1. The summed E-state index contributed by atoms with van der Waals surface area (Å²) in [6, 6.07) is 14.2. The molecular formula is C28H30N4O6. The Morgan fingerprint density at radius 2 is 1.66 bits per heavy atom. The number of ether oxygens (including phenoxy) is 3. The van der Waals surface area contributed by atoms with Crippen molar-refractivity contribution in [2.24, 2.45) is 5.16 Å². The molecule has 0 spiro atoms. The minimum Gasteiger partial charge on any atom is -0.459 e. The molecule has 1 fully saturated rings. The van der Waals surface area contributed by atoms with Crippen LogP contribution >= 0.6 is 0 Å². The summed E-state index contributed by atoms with van der Waals surface area (Å²) in [5, 5.41) is 3.44. The number of carbonyl (C=O) groups excluding carboxylic acids is 2. The van der Waals surface area contributed by atoms with Crippen molar-refractivity contribution < 1.29 is 28.6 Å². The minimum absolute atomic E-state index is 0.0234. The third-order valence-electron chi connectivity index (χ3n) is 6.41. The molecule has 0 saturated carbocycles. The Balaban J connectivity index is 1.54. The molecule has 1 unspecified atom stereocenters. The van der Waals surface area contributed by atoms with Crippen LogP contribution in [0.3, 0.4) is 0 Å². The van der Waals surface area contributed by atoms with Crippen LogP contribution < -0.4 is 10.6 Å². The van der Waals surface area contributed by atoms with Crippen LogP contribution in [-0.4, -0.2) is 53.0 Å². The monoisotopic (exact) mass is 518 g/mol. The van der Waals surface area contributed by atoms with E-state index in [2.05, 4.69) is 21.8 Å². The number of nitrogens with two attached hydrogens (primary N) is 1. The number of nitrogens with zero attached hydrogens (tertiary/aromatic N) is 3. The predicted molar refractivity (Wildman–Crippen MR) is 140 cm³/mol. The van der Waals surface area contributed by atoms with Gasteiger partial charge in [-0.1, -0.05) is 40.5 Å². The van der Waals surface area contributed by atoms with Crippen molar-refractivity contribution in [2.75, 3.05) is 12.3 Å². The molecule has 4 rings (SSSR count). The second-order valence-electron chi connectivity index (χ2n) is 9.44. The van der Waals surface area contributed by atoms with Crippen molar-refractivity contribution in [3.8, 4) is 5.75 Å². The number of anilines is 1. The van der Waals surface area contributed by atoms with Crippen molar-refractivity contribution in [3.63, 3.8) is 0 Å². The number of esters is 2. The summed E-state index contributed by atoms with van der Waals surface area (Å²) in [6.45, 7) is 8.96. The number of hydrogen-bond acceptors (Lipinski definition) is 10. The van der Waals surface area contributed by atoms with E-state index in [1.165, 1.54) is 6.33 Å². The number of nitrogen functional groups attached to an aromatic ring is 1. The van der Waals surface area contributed by atoms with Gasteiger partial charge in [0, 0.05) is 19.6 Å². The summed E-state index contributed by atoms with van der Waals surface area (Å²) in [6.07, 6.45) is 0.545. The molecule has 3 aromatic rings. The molecule has 1 aliphatic heterocycles. The lowest BCUT2D eigenvalue weighted by Gasteiger charge is -2.30. The van der Waals surface area contributed by atoms with Crippen LogP contribution in [-0.2, 0) is 20.6 Å². The van der Waals surface area contributed by atoms with Crippen LogP contribution in [0.25, 0.3) is 0 Å². The Kier molecular flexibility index (Phi) is 8.02. The third kappa shape index (κ3) is 6.15. The second kappa shape index (κ2) is 11.4. The predicted octanol–water partition coefficient (Wildman–Crippen LogP) is 3.84. The van der Waals surface area contributed by atoms with Crippen molar-refractivity contribution in [3.05, 3.63) is 82.8 Å². The van der Waals surface area contributed by atoms with E-state index in [0.717, 1.165) is 11.1 Å². The highest BCUT2D eigenvalue weighted by molar-refractivity contribution is 5.90. The lowest BCUT2D eigenvalue weighted by molar-refractivity contribution is -0.0617. The van der Waals surface area contributed by atoms with Gasteiger partial charge in [0.15, 0.2) is 5.82 Å². The molecular weight excluding hydrogens is 488 g/mol. The van der Waals surface area contributed by atoms with Crippen LogP contribution in [0, 0.1) is 13.8 Å². The molecule has 3 atom stereocenters. The Morgan fingerprint density at radius 1 is 1.05 bits per heavy atom. The largest absolute Gasteiger partial charge is 0.459 e. The molecule has 0 bridgehead atoms. The van der Waals surface area contributed by atoms with E-state index in [0.29, 0.717) is 16.8 Å². The molecule has 38 heavy (non-hydrogen) atoms. The first-order valence-electron chi connectivity index (χ1n) is 12.1.